The number of anilines is 1. The molecule has 5 aliphatic heterocycles. The number of aryl methyl sites for hydroxylation is 1. The second-order valence-corrected chi connectivity index (χ2v) is 18.7. The highest BCUT2D eigenvalue weighted by atomic mass is 16.6. The van der Waals surface area contributed by atoms with Crippen LogP contribution in [0.15, 0.2) is 42.5 Å². The van der Waals surface area contributed by atoms with Gasteiger partial charge >= 0.3 is 17.9 Å². The van der Waals surface area contributed by atoms with Gasteiger partial charge in [-0.05, 0) is 87.2 Å². The Balaban J connectivity index is 1.37. The van der Waals surface area contributed by atoms with Crippen molar-refractivity contribution >= 4 is 34.5 Å². The molecule has 2 saturated heterocycles. The molecule has 6 aliphatic rings. The summed E-state index contributed by atoms with van der Waals surface area (Å²) in [7, 11) is 6.16. The van der Waals surface area contributed by atoms with Gasteiger partial charge in [-0.2, -0.15) is 0 Å². The number of piperidine rings is 1. The van der Waals surface area contributed by atoms with E-state index >= 15 is 4.79 Å². The number of nitrogens with one attached hydrogen (secondary N) is 1. The molecule has 13 nitrogen and oxygen atoms in total. The van der Waals surface area contributed by atoms with Crippen molar-refractivity contribution in [2.75, 3.05) is 66.0 Å². The van der Waals surface area contributed by atoms with Crippen LogP contribution in [0.4, 0.5) is 5.69 Å². The topological polar surface area (TPSA) is 154 Å². The van der Waals surface area contributed by atoms with Crippen LogP contribution in [0.2, 0.25) is 0 Å². The van der Waals surface area contributed by atoms with Crippen molar-refractivity contribution < 1.29 is 43.5 Å². The molecule has 1 aromatic heterocycles. The number of benzene rings is 2. The minimum atomic E-state index is -2.30. The molecule has 9 rings (SSSR count). The number of aromatic amines is 1. The van der Waals surface area contributed by atoms with Gasteiger partial charge in [-0.15, -0.1) is 0 Å². The number of hydrogen-bond acceptors (Lipinski definition) is 12. The highest BCUT2D eigenvalue weighted by molar-refractivity contribution is 5.95. The van der Waals surface area contributed by atoms with Crippen LogP contribution in [0, 0.1) is 18.3 Å². The zero-order valence-corrected chi connectivity index (χ0v) is 36.2. The van der Waals surface area contributed by atoms with E-state index in [9.17, 15) is 19.8 Å². The van der Waals surface area contributed by atoms with Crippen LogP contribution in [0.3, 0.4) is 0 Å². The van der Waals surface area contributed by atoms with Crippen molar-refractivity contribution in [2.24, 2.45) is 11.3 Å². The number of aromatic nitrogens is 1. The Hall–Kier alpha value is -4.43. The summed E-state index contributed by atoms with van der Waals surface area (Å²) in [5.41, 5.74) is -0.518. The van der Waals surface area contributed by atoms with Crippen molar-refractivity contribution in [3.05, 3.63) is 70.4 Å². The molecule has 1 saturated carbocycles. The van der Waals surface area contributed by atoms with Gasteiger partial charge in [0, 0.05) is 90.9 Å². The van der Waals surface area contributed by atoms with Gasteiger partial charge < -0.3 is 39.0 Å². The van der Waals surface area contributed by atoms with Gasteiger partial charge in [0.05, 0.1) is 33.0 Å². The second-order valence-electron chi connectivity index (χ2n) is 18.7. The highest BCUT2D eigenvalue weighted by Crippen LogP contribution is 2.68. The number of rotatable bonds is 7. The molecule has 0 radical (unpaired) electrons. The van der Waals surface area contributed by atoms with E-state index in [1.807, 2.05) is 31.9 Å². The van der Waals surface area contributed by atoms with Gasteiger partial charge in [0.2, 0.25) is 5.60 Å². The number of carbonyl (C=O) groups is 3. The van der Waals surface area contributed by atoms with Gasteiger partial charge in [0.25, 0.3) is 0 Å². The highest BCUT2D eigenvalue weighted by Gasteiger charge is 2.80. The Bertz CT molecular complexity index is 2310. The van der Waals surface area contributed by atoms with Crippen LogP contribution < -0.4 is 9.64 Å². The summed E-state index contributed by atoms with van der Waals surface area (Å²) < 4.78 is 24.0. The lowest BCUT2D eigenvalue weighted by Gasteiger charge is -2.63. The lowest BCUT2D eigenvalue weighted by Crippen LogP contribution is -2.81. The molecule has 1 unspecified atom stereocenters. The molecular formula is C47H60N4O9. The molecule has 10 atom stereocenters. The van der Waals surface area contributed by atoms with Crippen molar-refractivity contribution in [1.82, 2.24) is 14.8 Å². The Labute approximate surface area is 352 Å². The minimum Gasteiger partial charge on any atom is -0.496 e. The summed E-state index contributed by atoms with van der Waals surface area (Å²) in [6.45, 7) is 10.7. The predicted molar refractivity (Wildman–Crippen MR) is 225 cm³/mol. The third-order valence-corrected chi connectivity index (χ3v) is 15.8. The lowest BCUT2D eigenvalue weighted by molar-refractivity contribution is -0.228. The Morgan fingerprint density at radius 1 is 0.950 bits per heavy atom. The molecule has 13 heteroatoms. The molecule has 3 fully saturated rings. The van der Waals surface area contributed by atoms with E-state index in [4.69, 9.17) is 18.9 Å². The Morgan fingerprint density at radius 2 is 1.72 bits per heavy atom. The maximum Gasteiger partial charge on any atom is 0.344 e. The van der Waals surface area contributed by atoms with Crippen LogP contribution in [-0.4, -0.2) is 133 Å². The van der Waals surface area contributed by atoms with E-state index in [-0.39, 0.29) is 12.0 Å². The van der Waals surface area contributed by atoms with Crippen LogP contribution in [0.1, 0.15) is 80.8 Å². The Kier molecular flexibility index (Phi) is 9.59. The first-order valence-electron chi connectivity index (χ1n) is 21.6. The van der Waals surface area contributed by atoms with Gasteiger partial charge in [-0.1, -0.05) is 37.6 Å². The maximum absolute atomic E-state index is 15.4. The number of H-pyrrole nitrogens is 1. The summed E-state index contributed by atoms with van der Waals surface area (Å²) in [6, 6.07) is 9.15. The SMILES string of the molecule is CC[C@]1(O)C[C@H]2CN(CCc3c([nH]c4ccc(C)cc34)[C@@](C(=O)OC)(c3cc4c(cc3OC)N(C)[C@H]3[C@@](O)(C(=O)OC)[C@H](OC(C)=O)[C@]5(CC)C=CCN6CC[C@]43[C@@H]65)C2)C1. The summed E-state index contributed by atoms with van der Waals surface area (Å²) in [5.74, 6) is -1.56. The summed E-state index contributed by atoms with van der Waals surface area (Å²) in [6.07, 6.45) is 5.94. The summed E-state index contributed by atoms with van der Waals surface area (Å²) in [5, 5.41) is 26.4. The summed E-state index contributed by atoms with van der Waals surface area (Å²) in [4.78, 5) is 53.3. The maximum atomic E-state index is 15.4. The van der Waals surface area contributed by atoms with E-state index in [1.165, 1.54) is 21.1 Å². The summed E-state index contributed by atoms with van der Waals surface area (Å²) >= 11 is 0. The number of nitrogens with zero attached hydrogens (tertiary/aromatic N) is 3. The number of esters is 3. The molecule has 0 amide bonds. The van der Waals surface area contributed by atoms with Gasteiger partial charge in [0.1, 0.15) is 11.2 Å². The fourth-order valence-corrected chi connectivity index (χ4v) is 13.7. The van der Waals surface area contributed by atoms with Crippen molar-refractivity contribution in [1.29, 1.82) is 0 Å². The van der Waals surface area contributed by atoms with Gasteiger partial charge in [0.15, 0.2) is 6.10 Å². The van der Waals surface area contributed by atoms with Crippen LogP contribution in [0.5, 0.6) is 5.75 Å². The third-order valence-electron chi connectivity index (χ3n) is 15.8. The molecule has 60 heavy (non-hydrogen) atoms. The van der Waals surface area contributed by atoms with Crippen molar-refractivity contribution in [3.63, 3.8) is 0 Å². The molecule has 322 valence electrons. The Morgan fingerprint density at radius 3 is 2.40 bits per heavy atom. The second kappa shape index (κ2) is 14.1. The number of methoxy groups -OCH3 is 3. The molecule has 3 aromatic rings. The first kappa shape index (κ1) is 40.9. The van der Waals surface area contributed by atoms with E-state index < -0.39 is 57.5 Å². The fraction of sp³-hybridized carbons (Fsp3) is 0.596. The lowest BCUT2D eigenvalue weighted by atomic mass is 9.47. The molecule has 2 aromatic carbocycles. The number of carbonyl (C=O) groups excluding carboxylic acids is 3. The van der Waals surface area contributed by atoms with Crippen LogP contribution in [0.25, 0.3) is 10.9 Å². The first-order chi connectivity index (χ1) is 28.6. The molecule has 3 N–H and O–H groups in total. The number of likely N-dealkylation sites (N-methyl/N-ethyl adjacent to an activating group) is 1. The standard InChI is InChI=1S/C47H60N4O9/c1-9-43(55)23-29-24-46(41(53)58-7,37-30(14-18-50(25-29)26-43)31-20-27(3)12-13-34(31)48-37)33-21-32-35(22-36(33)57-6)49(5)39-45(32)16-19-51-17-11-15-44(10-2,38(45)51)40(60-28(4)52)47(39,56)42(54)59-8/h11-13,15,20-22,29,38-40,48,55-56H,9-10,14,16-19,23-26H2,1-8H3/t29-,38+,39-,40-,43+,44-,45-,46+,47+/m1/s1. The van der Waals surface area contributed by atoms with Crippen LogP contribution >= 0.6 is 0 Å². The number of ether oxygens (including phenoxy) is 4. The quantitative estimate of drug-likeness (QED) is 0.177. The largest absolute Gasteiger partial charge is 0.496 e. The fourth-order valence-electron chi connectivity index (χ4n) is 13.7. The molecular weight excluding hydrogens is 765 g/mol. The smallest absolute Gasteiger partial charge is 0.344 e. The van der Waals surface area contributed by atoms with Crippen molar-refractivity contribution in [2.45, 2.75) is 106 Å². The van der Waals surface area contributed by atoms with Crippen LogP contribution in [-0.2, 0) is 45.8 Å². The molecule has 6 heterocycles. The van der Waals surface area contributed by atoms with E-state index in [1.54, 1.807) is 7.11 Å². The zero-order chi connectivity index (χ0) is 42.7. The molecule has 1 spiro atoms. The monoisotopic (exact) mass is 824 g/mol. The number of fused-ring (bicyclic) bond motifs is 6. The predicted octanol–water partition coefficient (Wildman–Crippen LogP) is 4.30. The van der Waals surface area contributed by atoms with Gasteiger partial charge in [-0.25, -0.2) is 4.79 Å². The number of aliphatic hydroxyl groups is 2. The normalized spacial score (nSPS) is 36.6. The first-order valence-corrected chi connectivity index (χ1v) is 21.6. The van der Waals surface area contributed by atoms with Gasteiger partial charge in [-0.3, -0.25) is 19.4 Å². The molecule has 2 bridgehead atoms. The number of hydrogen-bond donors (Lipinski definition) is 3. The average molecular weight is 825 g/mol. The van der Waals surface area contributed by atoms with E-state index in [0.29, 0.717) is 82.6 Å². The third kappa shape index (κ3) is 5.27. The van der Waals surface area contributed by atoms with E-state index in [0.717, 1.165) is 39.0 Å². The average Bonchev–Trinajstić information content (AvgIpc) is 3.89. The zero-order valence-electron chi connectivity index (χ0n) is 36.2. The molecule has 1 aliphatic carbocycles. The van der Waals surface area contributed by atoms with E-state index in [2.05, 4.69) is 58.1 Å². The van der Waals surface area contributed by atoms with Crippen molar-refractivity contribution in [3.8, 4) is 5.75 Å². The minimum absolute atomic E-state index is 0.102.